The number of phenolic OH excluding ortho intramolecular Hbond substituents is 1. The lowest BCUT2D eigenvalue weighted by molar-refractivity contribution is 0.0426. The summed E-state index contributed by atoms with van der Waals surface area (Å²) in [5.74, 6) is -0.139. The van der Waals surface area contributed by atoms with E-state index >= 15 is 0 Å². The number of thiophene rings is 1. The topological polar surface area (TPSA) is 85.5 Å². The predicted molar refractivity (Wildman–Crippen MR) is 74.8 cm³/mol. The standard InChI is InChI=1S/C14H10N2O4S/c17-11-4-2-1-3-10(11)14(18)19-7-12-15-13(16-20-12)9-5-6-21-8-9/h1-6,8,17H,7H2. The zero-order valence-electron chi connectivity index (χ0n) is 10.7. The zero-order chi connectivity index (χ0) is 14.7. The molecule has 1 aromatic carbocycles. The predicted octanol–water partition coefficient (Wildman–Crippen LogP) is 2.86. The summed E-state index contributed by atoms with van der Waals surface area (Å²) in [5.41, 5.74) is 0.942. The van der Waals surface area contributed by atoms with E-state index in [0.717, 1.165) is 5.56 Å². The molecule has 0 saturated heterocycles. The minimum Gasteiger partial charge on any atom is -0.507 e. The van der Waals surface area contributed by atoms with Crippen LogP contribution in [0.4, 0.5) is 0 Å². The van der Waals surface area contributed by atoms with Gasteiger partial charge in [-0.15, -0.1) is 0 Å². The molecule has 106 valence electrons. The normalized spacial score (nSPS) is 10.5. The van der Waals surface area contributed by atoms with Gasteiger partial charge in [-0.2, -0.15) is 16.3 Å². The Morgan fingerprint density at radius 1 is 1.33 bits per heavy atom. The van der Waals surface area contributed by atoms with Crippen molar-refractivity contribution >= 4 is 17.3 Å². The first-order chi connectivity index (χ1) is 10.2. The average Bonchev–Trinajstić information content (AvgIpc) is 3.16. The summed E-state index contributed by atoms with van der Waals surface area (Å²) < 4.78 is 10.0. The highest BCUT2D eigenvalue weighted by Gasteiger charge is 2.14. The number of aromatic nitrogens is 2. The molecule has 6 nitrogen and oxygen atoms in total. The van der Waals surface area contributed by atoms with Gasteiger partial charge in [-0.1, -0.05) is 17.3 Å². The van der Waals surface area contributed by atoms with Gasteiger partial charge in [0.25, 0.3) is 5.89 Å². The number of hydrogen-bond acceptors (Lipinski definition) is 7. The van der Waals surface area contributed by atoms with Gasteiger partial charge in [0, 0.05) is 10.9 Å². The van der Waals surface area contributed by atoms with E-state index in [1.54, 1.807) is 12.1 Å². The van der Waals surface area contributed by atoms with Crippen LogP contribution in [0, 0.1) is 0 Å². The Morgan fingerprint density at radius 2 is 2.19 bits per heavy atom. The van der Waals surface area contributed by atoms with Gasteiger partial charge in [-0.3, -0.25) is 0 Å². The van der Waals surface area contributed by atoms with Crippen molar-refractivity contribution in [3.63, 3.8) is 0 Å². The van der Waals surface area contributed by atoms with E-state index in [1.807, 2.05) is 16.8 Å². The van der Waals surface area contributed by atoms with Gasteiger partial charge < -0.3 is 14.4 Å². The average molecular weight is 302 g/mol. The van der Waals surface area contributed by atoms with Crippen LogP contribution in [-0.4, -0.2) is 21.2 Å². The third-order valence-corrected chi connectivity index (χ3v) is 3.38. The second kappa shape index (κ2) is 5.76. The van der Waals surface area contributed by atoms with Crippen LogP contribution in [0.1, 0.15) is 16.2 Å². The molecule has 0 saturated carbocycles. The minimum atomic E-state index is -0.650. The monoisotopic (exact) mass is 302 g/mol. The van der Waals surface area contributed by atoms with Crippen LogP contribution < -0.4 is 0 Å². The Morgan fingerprint density at radius 3 is 2.95 bits per heavy atom. The van der Waals surface area contributed by atoms with Crippen molar-refractivity contribution in [2.45, 2.75) is 6.61 Å². The Balaban J connectivity index is 1.66. The van der Waals surface area contributed by atoms with Gasteiger partial charge in [0.15, 0.2) is 6.61 Å². The smallest absolute Gasteiger partial charge is 0.342 e. The van der Waals surface area contributed by atoms with E-state index in [-0.39, 0.29) is 23.8 Å². The van der Waals surface area contributed by atoms with E-state index in [4.69, 9.17) is 9.26 Å². The lowest BCUT2D eigenvalue weighted by Gasteiger charge is -2.03. The molecule has 7 heteroatoms. The molecule has 2 aromatic heterocycles. The number of carbonyl (C=O) groups is 1. The van der Waals surface area contributed by atoms with E-state index in [1.165, 1.54) is 23.5 Å². The highest BCUT2D eigenvalue weighted by atomic mass is 32.1. The third-order valence-electron chi connectivity index (χ3n) is 2.70. The van der Waals surface area contributed by atoms with Gasteiger partial charge in [0.05, 0.1) is 0 Å². The van der Waals surface area contributed by atoms with Crippen LogP contribution in [0.15, 0.2) is 45.6 Å². The van der Waals surface area contributed by atoms with Crippen LogP contribution >= 0.6 is 11.3 Å². The highest BCUT2D eigenvalue weighted by Crippen LogP contribution is 2.20. The first kappa shape index (κ1) is 13.3. The Bertz CT molecular complexity index is 752. The lowest BCUT2D eigenvalue weighted by Crippen LogP contribution is -2.05. The molecule has 3 rings (SSSR count). The maximum atomic E-state index is 11.8. The van der Waals surface area contributed by atoms with Crippen molar-refractivity contribution in [2.24, 2.45) is 0 Å². The highest BCUT2D eigenvalue weighted by molar-refractivity contribution is 7.08. The molecule has 21 heavy (non-hydrogen) atoms. The quantitative estimate of drug-likeness (QED) is 0.746. The number of phenols is 1. The van der Waals surface area contributed by atoms with Gasteiger partial charge in [-0.25, -0.2) is 4.79 Å². The molecule has 1 N–H and O–H groups in total. The van der Waals surface area contributed by atoms with Crippen molar-refractivity contribution in [2.75, 3.05) is 0 Å². The largest absolute Gasteiger partial charge is 0.507 e. The van der Waals surface area contributed by atoms with Gasteiger partial charge in [0.1, 0.15) is 11.3 Å². The number of benzene rings is 1. The molecular formula is C14H10N2O4S. The first-order valence-corrected chi connectivity index (χ1v) is 6.98. The molecule has 0 atom stereocenters. The Kier molecular flexibility index (Phi) is 3.65. The van der Waals surface area contributed by atoms with Crippen molar-refractivity contribution in [1.82, 2.24) is 10.1 Å². The van der Waals surface area contributed by atoms with Gasteiger partial charge in [-0.05, 0) is 23.6 Å². The fraction of sp³-hybridized carbons (Fsp3) is 0.0714. The number of para-hydroxylation sites is 1. The molecule has 0 unspecified atom stereocenters. The van der Waals surface area contributed by atoms with Crippen molar-refractivity contribution in [3.05, 3.63) is 52.5 Å². The molecule has 0 aliphatic heterocycles. The summed E-state index contributed by atoms with van der Waals surface area (Å²) in [6.45, 7) is -0.149. The number of ether oxygens (including phenoxy) is 1. The van der Waals surface area contributed by atoms with E-state index in [2.05, 4.69) is 10.1 Å². The van der Waals surface area contributed by atoms with Crippen LogP contribution in [0.3, 0.4) is 0 Å². The van der Waals surface area contributed by atoms with E-state index in [0.29, 0.717) is 5.82 Å². The molecule has 0 amide bonds. The first-order valence-electron chi connectivity index (χ1n) is 6.04. The fourth-order valence-corrected chi connectivity index (χ4v) is 2.31. The minimum absolute atomic E-state index is 0.0927. The molecule has 0 spiro atoms. The van der Waals surface area contributed by atoms with Crippen LogP contribution in [-0.2, 0) is 11.3 Å². The molecule has 0 bridgehead atoms. The van der Waals surface area contributed by atoms with Crippen LogP contribution in [0.5, 0.6) is 5.75 Å². The SMILES string of the molecule is O=C(OCc1nc(-c2ccsc2)no1)c1ccccc1O. The molecule has 3 aromatic rings. The summed E-state index contributed by atoms with van der Waals surface area (Å²) in [6.07, 6.45) is 0. The summed E-state index contributed by atoms with van der Waals surface area (Å²) in [6, 6.07) is 8.02. The number of hydrogen-bond donors (Lipinski definition) is 1. The molecule has 2 heterocycles. The van der Waals surface area contributed by atoms with Gasteiger partial charge >= 0.3 is 5.97 Å². The number of esters is 1. The van der Waals surface area contributed by atoms with E-state index < -0.39 is 5.97 Å². The number of carbonyl (C=O) groups excluding carboxylic acids is 1. The molecule has 0 radical (unpaired) electrons. The molecule has 0 aliphatic rings. The summed E-state index contributed by atoms with van der Waals surface area (Å²) in [5, 5.41) is 17.2. The van der Waals surface area contributed by atoms with Crippen molar-refractivity contribution in [3.8, 4) is 17.1 Å². The lowest BCUT2D eigenvalue weighted by atomic mass is 10.2. The van der Waals surface area contributed by atoms with Crippen molar-refractivity contribution in [1.29, 1.82) is 0 Å². The summed E-state index contributed by atoms with van der Waals surface area (Å²) in [7, 11) is 0. The fourth-order valence-electron chi connectivity index (χ4n) is 1.67. The third kappa shape index (κ3) is 2.92. The second-order valence-electron chi connectivity index (χ2n) is 4.12. The second-order valence-corrected chi connectivity index (χ2v) is 4.90. The summed E-state index contributed by atoms with van der Waals surface area (Å²) in [4.78, 5) is 15.9. The maximum absolute atomic E-state index is 11.8. The van der Waals surface area contributed by atoms with E-state index in [9.17, 15) is 9.90 Å². The number of nitrogens with zero attached hydrogens (tertiary/aromatic N) is 2. The maximum Gasteiger partial charge on any atom is 0.342 e. The number of rotatable bonds is 4. The van der Waals surface area contributed by atoms with Crippen LogP contribution in [0.25, 0.3) is 11.4 Å². The molecular weight excluding hydrogens is 292 g/mol. The Hall–Kier alpha value is -2.67. The Labute approximate surface area is 123 Å². The molecule has 0 fully saturated rings. The number of aromatic hydroxyl groups is 1. The zero-order valence-corrected chi connectivity index (χ0v) is 11.5. The van der Waals surface area contributed by atoms with Gasteiger partial charge in [0.2, 0.25) is 5.82 Å². The summed E-state index contributed by atoms with van der Waals surface area (Å²) >= 11 is 1.53. The van der Waals surface area contributed by atoms with Crippen molar-refractivity contribution < 1.29 is 19.2 Å². The molecule has 0 aliphatic carbocycles. The van der Waals surface area contributed by atoms with Crippen LogP contribution in [0.2, 0.25) is 0 Å².